The van der Waals surface area contributed by atoms with Gasteiger partial charge in [0.1, 0.15) is 11.5 Å². The Morgan fingerprint density at radius 2 is 1.58 bits per heavy atom. The molecule has 0 saturated heterocycles. The van der Waals surface area contributed by atoms with E-state index in [1.54, 1.807) is 0 Å². The number of anilines is 2. The van der Waals surface area contributed by atoms with Gasteiger partial charge in [0.25, 0.3) is 11.8 Å². The third-order valence-electron chi connectivity index (χ3n) is 8.43. The SMILES string of the molecule is CC.CC(C)N1C(=O)C23CC(Cc4ccc1c(c4)O2)C3.CCCN1C(=O)C2(CCC2)Oc2cc(C)ccc21. The van der Waals surface area contributed by atoms with Crippen LogP contribution in [-0.4, -0.2) is 35.6 Å². The lowest BCUT2D eigenvalue weighted by molar-refractivity contribution is -0.150. The Labute approximate surface area is 227 Å². The lowest BCUT2D eigenvalue weighted by atomic mass is 9.66. The average Bonchev–Trinajstić information content (AvgIpc) is 2.84. The molecule has 4 bridgehead atoms. The Morgan fingerprint density at radius 1 is 0.921 bits per heavy atom. The first-order valence-electron chi connectivity index (χ1n) is 14.5. The molecule has 204 valence electrons. The van der Waals surface area contributed by atoms with E-state index in [2.05, 4.69) is 39.8 Å². The maximum atomic E-state index is 12.7. The van der Waals surface area contributed by atoms with E-state index in [-0.39, 0.29) is 17.9 Å². The average molecular weight is 519 g/mol. The minimum absolute atomic E-state index is 0.159. The van der Waals surface area contributed by atoms with E-state index in [0.29, 0.717) is 5.92 Å². The lowest BCUT2D eigenvalue weighted by Crippen LogP contribution is -2.64. The maximum absolute atomic E-state index is 12.7. The summed E-state index contributed by atoms with van der Waals surface area (Å²) in [6, 6.07) is 12.6. The molecule has 2 aromatic rings. The van der Waals surface area contributed by atoms with Crippen LogP contribution in [0.5, 0.6) is 11.5 Å². The van der Waals surface area contributed by atoms with E-state index < -0.39 is 11.2 Å². The van der Waals surface area contributed by atoms with Crippen LogP contribution in [0.4, 0.5) is 11.4 Å². The summed E-state index contributed by atoms with van der Waals surface area (Å²) >= 11 is 0. The molecule has 0 aromatic heterocycles. The van der Waals surface area contributed by atoms with Crippen LogP contribution in [-0.2, 0) is 16.0 Å². The highest BCUT2D eigenvalue weighted by atomic mass is 16.5. The first-order valence-corrected chi connectivity index (χ1v) is 14.5. The first-order chi connectivity index (χ1) is 18.2. The summed E-state index contributed by atoms with van der Waals surface area (Å²) in [6.45, 7) is 13.1. The molecule has 6 heteroatoms. The predicted octanol–water partition coefficient (Wildman–Crippen LogP) is 6.60. The molecule has 0 unspecified atom stereocenters. The van der Waals surface area contributed by atoms with Crippen LogP contribution in [0.15, 0.2) is 36.4 Å². The standard InChI is InChI=1S/C15H17NO2.C15H19NO2.C2H6/c1-9(2)16-12-4-3-10-5-11-7-15(8-11,14(16)17)18-13(12)6-10;1-3-9-16-12-6-5-11(2)10-13(12)18-15(14(16)17)7-4-8-15;1-2/h3-4,6,9,11H,5,7-8H2,1-2H3;5-6,10H,3-4,7-9H2,1-2H3;1-2H3. The molecule has 4 heterocycles. The number of carbonyl (C=O) groups is 2. The molecular formula is C32H42N2O4. The molecule has 2 fully saturated rings. The second-order valence-electron chi connectivity index (χ2n) is 11.5. The summed E-state index contributed by atoms with van der Waals surface area (Å²) in [4.78, 5) is 29.1. The van der Waals surface area contributed by atoms with Crippen molar-refractivity contribution >= 4 is 23.2 Å². The van der Waals surface area contributed by atoms with Crippen molar-refractivity contribution in [3.05, 3.63) is 47.5 Å². The maximum Gasteiger partial charge on any atom is 0.271 e. The predicted molar refractivity (Wildman–Crippen MR) is 151 cm³/mol. The fourth-order valence-corrected chi connectivity index (χ4v) is 6.47. The van der Waals surface area contributed by atoms with Crippen LogP contribution in [0, 0.1) is 12.8 Å². The summed E-state index contributed by atoms with van der Waals surface area (Å²) in [5, 5.41) is 0. The van der Waals surface area contributed by atoms with Gasteiger partial charge in [-0.2, -0.15) is 0 Å². The van der Waals surface area contributed by atoms with Gasteiger partial charge in [0, 0.05) is 12.6 Å². The lowest BCUT2D eigenvalue weighted by Gasteiger charge is -2.53. The molecule has 8 rings (SSSR count). The van der Waals surface area contributed by atoms with Crippen molar-refractivity contribution in [2.75, 3.05) is 16.3 Å². The van der Waals surface area contributed by atoms with Gasteiger partial charge >= 0.3 is 0 Å². The fourth-order valence-electron chi connectivity index (χ4n) is 6.47. The number of nitrogens with zero attached hydrogens (tertiary/aromatic N) is 2. The molecule has 2 aliphatic carbocycles. The van der Waals surface area contributed by atoms with Crippen LogP contribution in [0.25, 0.3) is 0 Å². The van der Waals surface area contributed by atoms with Crippen LogP contribution in [0.1, 0.15) is 84.3 Å². The molecule has 38 heavy (non-hydrogen) atoms. The van der Waals surface area contributed by atoms with Gasteiger partial charge in [-0.15, -0.1) is 0 Å². The summed E-state index contributed by atoms with van der Waals surface area (Å²) in [6.07, 6.45) is 6.64. The van der Waals surface area contributed by atoms with Crippen molar-refractivity contribution in [3.8, 4) is 11.5 Å². The number of rotatable bonds is 3. The largest absolute Gasteiger partial charge is 0.475 e. The van der Waals surface area contributed by atoms with Gasteiger partial charge in [0.05, 0.1) is 11.4 Å². The minimum Gasteiger partial charge on any atom is -0.475 e. The third-order valence-corrected chi connectivity index (χ3v) is 8.43. The molecule has 0 N–H and O–H groups in total. The summed E-state index contributed by atoms with van der Waals surface area (Å²) in [7, 11) is 0. The van der Waals surface area contributed by atoms with Gasteiger partial charge in [-0.1, -0.05) is 32.9 Å². The number of ether oxygens (including phenoxy) is 2. The quantitative estimate of drug-likeness (QED) is 0.459. The van der Waals surface area contributed by atoms with Crippen molar-refractivity contribution in [3.63, 3.8) is 0 Å². The number of carbonyl (C=O) groups excluding carboxylic acids is 2. The van der Waals surface area contributed by atoms with E-state index in [4.69, 9.17) is 9.47 Å². The number of benzene rings is 2. The summed E-state index contributed by atoms with van der Waals surface area (Å²) < 4.78 is 12.1. The van der Waals surface area contributed by atoms with E-state index >= 15 is 0 Å². The molecule has 4 aliphatic heterocycles. The van der Waals surface area contributed by atoms with Crippen molar-refractivity contribution in [2.45, 2.75) is 104 Å². The highest BCUT2D eigenvalue weighted by Gasteiger charge is 2.58. The number of amides is 2. The molecule has 0 radical (unpaired) electrons. The normalized spacial score (nSPS) is 24.9. The molecule has 2 amide bonds. The Bertz CT molecular complexity index is 1230. The van der Waals surface area contributed by atoms with Crippen LogP contribution in [0.2, 0.25) is 0 Å². The van der Waals surface area contributed by atoms with E-state index in [0.717, 1.165) is 74.4 Å². The number of fused-ring (bicyclic) bond motifs is 1. The summed E-state index contributed by atoms with van der Waals surface area (Å²) in [5.41, 5.74) is 3.30. The monoisotopic (exact) mass is 518 g/mol. The molecule has 2 spiro atoms. The number of hydrogen-bond acceptors (Lipinski definition) is 4. The van der Waals surface area contributed by atoms with Crippen LogP contribution >= 0.6 is 0 Å². The topological polar surface area (TPSA) is 59.1 Å². The zero-order valence-corrected chi connectivity index (χ0v) is 23.8. The van der Waals surface area contributed by atoms with Gasteiger partial charge in [-0.25, -0.2) is 0 Å². The van der Waals surface area contributed by atoms with Gasteiger partial charge in [0.2, 0.25) is 0 Å². The molecule has 6 aliphatic rings. The summed E-state index contributed by atoms with van der Waals surface area (Å²) in [5.74, 6) is 2.71. The molecule has 2 aromatic carbocycles. The third kappa shape index (κ3) is 4.17. The number of hydrogen-bond donors (Lipinski definition) is 0. The zero-order chi connectivity index (χ0) is 27.2. The molecule has 0 atom stereocenters. The molecule has 6 nitrogen and oxygen atoms in total. The Balaban J connectivity index is 0.000000145. The van der Waals surface area contributed by atoms with E-state index in [9.17, 15) is 9.59 Å². The number of aryl methyl sites for hydroxylation is 1. The Hall–Kier alpha value is -3.02. The Kier molecular flexibility index (Phi) is 6.95. The molecular weight excluding hydrogens is 476 g/mol. The second-order valence-corrected chi connectivity index (χ2v) is 11.5. The smallest absolute Gasteiger partial charge is 0.271 e. The van der Waals surface area contributed by atoms with Gasteiger partial charge in [-0.3, -0.25) is 9.59 Å². The van der Waals surface area contributed by atoms with Crippen LogP contribution < -0.4 is 19.3 Å². The molecule has 2 saturated carbocycles. The highest BCUT2D eigenvalue weighted by molar-refractivity contribution is 6.04. The van der Waals surface area contributed by atoms with Gasteiger partial charge < -0.3 is 19.3 Å². The van der Waals surface area contributed by atoms with Gasteiger partial charge in [0.15, 0.2) is 11.2 Å². The van der Waals surface area contributed by atoms with Crippen molar-refractivity contribution in [1.82, 2.24) is 0 Å². The first kappa shape index (κ1) is 26.6. The fraction of sp³-hybridized carbons (Fsp3) is 0.562. The minimum atomic E-state index is -0.546. The van der Waals surface area contributed by atoms with Crippen LogP contribution in [0.3, 0.4) is 0 Å². The van der Waals surface area contributed by atoms with E-state index in [1.807, 2.05) is 47.9 Å². The highest BCUT2D eigenvalue weighted by Crippen LogP contribution is 2.52. The zero-order valence-electron chi connectivity index (χ0n) is 23.8. The van der Waals surface area contributed by atoms with Crippen molar-refractivity contribution in [1.29, 1.82) is 0 Å². The second kappa shape index (κ2) is 9.94. The Morgan fingerprint density at radius 3 is 2.21 bits per heavy atom. The van der Waals surface area contributed by atoms with Crippen molar-refractivity contribution in [2.24, 2.45) is 5.92 Å². The van der Waals surface area contributed by atoms with Crippen molar-refractivity contribution < 1.29 is 19.1 Å². The van der Waals surface area contributed by atoms with E-state index in [1.165, 1.54) is 11.1 Å². The van der Waals surface area contributed by atoms with Gasteiger partial charge in [-0.05, 0) is 107 Å².